The number of rotatable bonds is 10. The Labute approximate surface area is 205 Å². The molecule has 0 atom stereocenters. The third kappa shape index (κ3) is 5.81. The summed E-state index contributed by atoms with van der Waals surface area (Å²) in [6.45, 7) is 13.9. The van der Waals surface area contributed by atoms with Gasteiger partial charge in [0.1, 0.15) is 5.60 Å². The van der Waals surface area contributed by atoms with E-state index in [4.69, 9.17) is 9.47 Å². The first-order valence-corrected chi connectivity index (χ1v) is 12.1. The molecule has 0 fully saturated rings. The van der Waals surface area contributed by atoms with Gasteiger partial charge in [-0.3, -0.25) is 4.79 Å². The molecule has 0 aliphatic heterocycles. The molecule has 0 aliphatic rings. The maximum Gasteiger partial charge on any atom is 0.317 e. The Bertz CT molecular complexity index is 1020. The molecule has 0 heterocycles. The van der Waals surface area contributed by atoms with Gasteiger partial charge in [-0.15, -0.1) is 0 Å². The monoisotopic (exact) mass is 496 g/mol. The Morgan fingerprint density at radius 1 is 0.686 bits per heavy atom. The van der Waals surface area contributed by atoms with Crippen LogP contribution < -0.4 is 9.47 Å². The van der Waals surface area contributed by atoms with Crippen LogP contribution in [0.2, 0.25) is 0 Å². The van der Waals surface area contributed by atoms with Crippen molar-refractivity contribution in [3.63, 3.8) is 0 Å². The lowest BCUT2D eigenvalue weighted by Gasteiger charge is -2.30. The molecule has 0 unspecified atom stereocenters. The molecule has 0 aromatic heterocycles. The van der Waals surface area contributed by atoms with Gasteiger partial charge < -0.3 is 9.47 Å². The van der Waals surface area contributed by atoms with Gasteiger partial charge in [0.2, 0.25) is 5.75 Å². The quantitative estimate of drug-likeness (QED) is 0.189. The van der Waals surface area contributed by atoms with Crippen LogP contribution in [-0.2, 0) is 10.2 Å². The lowest BCUT2D eigenvalue weighted by atomic mass is 9.78. The van der Waals surface area contributed by atoms with Gasteiger partial charge in [0.15, 0.2) is 29.0 Å². The Morgan fingerprint density at radius 3 is 1.40 bits per heavy atom. The minimum Gasteiger partial charge on any atom is -0.481 e. The molecule has 0 N–H and O–H groups in total. The van der Waals surface area contributed by atoms with Crippen LogP contribution in [-0.4, -0.2) is 11.6 Å². The lowest BCUT2D eigenvalue weighted by Crippen LogP contribution is -2.31. The molecule has 0 bridgehead atoms. The zero-order valence-electron chi connectivity index (χ0n) is 21.9. The van der Waals surface area contributed by atoms with Crippen LogP contribution in [0.5, 0.6) is 11.5 Å². The maximum atomic E-state index is 14.9. The summed E-state index contributed by atoms with van der Waals surface area (Å²) in [4.78, 5) is 12.5. The van der Waals surface area contributed by atoms with Crippen LogP contribution in [0.3, 0.4) is 0 Å². The molecular weight excluding hydrogens is 460 g/mol. The van der Waals surface area contributed by atoms with Gasteiger partial charge in [-0.25, -0.2) is 17.6 Å². The predicted molar refractivity (Wildman–Crippen MR) is 129 cm³/mol. The van der Waals surface area contributed by atoms with E-state index in [2.05, 4.69) is 0 Å². The SMILES string of the molecule is CCC(C)(CC)Oc1c(F)cc(C(C)(C)c2cc(F)c(OC(=O)C(C)(CC)CC)c(F)c2)cc1F. The highest BCUT2D eigenvalue weighted by Gasteiger charge is 2.34. The molecule has 2 aromatic carbocycles. The zero-order valence-corrected chi connectivity index (χ0v) is 21.9. The van der Waals surface area contributed by atoms with Crippen molar-refractivity contribution in [2.75, 3.05) is 0 Å². The van der Waals surface area contributed by atoms with Crippen molar-refractivity contribution in [2.45, 2.75) is 92.1 Å². The lowest BCUT2D eigenvalue weighted by molar-refractivity contribution is -0.145. The number of hydrogen-bond acceptors (Lipinski definition) is 3. The molecule has 0 spiro atoms. The molecule has 0 aliphatic carbocycles. The average molecular weight is 497 g/mol. The zero-order chi connectivity index (χ0) is 26.8. The Morgan fingerprint density at radius 2 is 1.06 bits per heavy atom. The first-order chi connectivity index (χ1) is 16.2. The number of ether oxygens (including phenoxy) is 2. The fraction of sp³-hybridized carbons (Fsp3) is 0.536. The summed E-state index contributed by atoms with van der Waals surface area (Å²) in [7, 11) is 0. The van der Waals surface area contributed by atoms with Crippen LogP contribution in [0.25, 0.3) is 0 Å². The van der Waals surface area contributed by atoms with Crippen molar-refractivity contribution in [3.8, 4) is 11.5 Å². The minimum atomic E-state index is -1.18. The second-order valence-electron chi connectivity index (χ2n) is 10.1. The molecule has 194 valence electrons. The molecule has 0 radical (unpaired) electrons. The standard InChI is InChI=1S/C28H36F4O3/c1-9-27(7,10-2)25(33)34-23-19(29)13-17(14-20(23)30)26(5,6)18-15-21(31)24(22(32)16-18)35-28(8,11-3)12-4/h13-16H,9-12H2,1-8H3. The third-order valence-corrected chi connectivity index (χ3v) is 7.53. The maximum absolute atomic E-state index is 14.9. The van der Waals surface area contributed by atoms with Gasteiger partial charge in [0.05, 0.1) is 5.41 Å². The Hall–Kier alpha value is -2.57. The van der Waals surface area contributed by atoms with Crippen molar-refractivity contribution < 1.29 is 31.8 Å². The second-order valence-corrected chi connectivity index (χ2v) is 10.1. The highest BCUT2D eigenvalue weighted by atomic mass is 19.1. The predicted octanol–water partition coefficient (Wildman–Crippen LogP) is 8.26. The van der Waals surface area contributed by atoms with Crippen LogP contribution in [0.1, 0.15) is 92.2 Å². The van der Waals surface area contributed by atoms with E-state index in [1.165, 1.54) is 0 Å². The summed E-state index contributed by atoms with van der Waals surface area (Å²) in [5.74, 6) is -5.93. The van der Waals surface area contributed by atoms with Crippen molar-refractivity contribution in [3.05, 3.63) is 58.7 Å². The summed E-state index contributed by atoms with van der Waals surface area (Å²) in [6, 6.07) is 4.27. The molecule has 0 saturated carbocycles. The smallest absolute Gasteiger partial charge is 0.317 e. The largest absolute Gasteiger partial charge is 0.481 e. The van der Waals surface area contributed by atoms with Gasteiger partial charge >= 0.3 is 5.97 Å². The van der Waals surface area contributed by atoms with E-state index in [1.54, 1.807) is 41.5 Å². The summed E-state index contributed by atoms with van der Waals surface area (Å²) in [5.41, 5.74) is -2.49. The number of benzene rings is 2. The first kappa shape index (κ1) is 28.7. The molecule has 7 heteroatoms. The molecule has 0 saturated heterocycles. The molecular formula is C28H36F4O3. The van der Waals surface area contributed by atoms with Gasteiger partial charge in [-0.1, -0.05) is 41.5 Å². The van der Waals surface area contributed by atoms with Crippen LogP contribution >= 0.6 is 0 Å². The highest BCUT2D eigenvalue weighted by molar-refractivity contribution is 5.78. The van der Waals surface area contributed by atoms with Gasteiger partial charge in [-0.05, 0) is 74.9 Å². The third-order valence-electron chi connectivity index (χ3n) is 7.53. The van der Waals surface area contributed by atoms with Crippen LogP contribution in [0, 0.1) is 28.7 Å². The van der Waals surface area contributed by atoms with Gasteiger partial charge in [0.25, 0.3) is 0 Å². The Balaban J connectivity index is 2.45. The van der Waals surface area contributed by atoms with Gasteiger partial charge in [0, 0.05) is 5.41 Å². The molecule has 0 amide bonds. The average Bonchev–Trinajstić information content (AvgIpc) is 2.82. The van der Waals surface area contributed by atoms with E-state index in [9.17, 15) is 22.4 Å². The Kier molecular flexibility index (Phi) is 8.67. The number of esters is 1. The highest BCUT2D eigenvalue weighted by Crippen LogP contribution is 2.39. The van der Waals surface area contributed by atoms with E-state index in [0.717, 1.165) is 24.3 Å². The normalized spacial score (nSPS) is 12.6. The van der Waals surface area contributed by atoms with Crippen molar-refractivity contribution in [1.82, 2.24) is 0 Å². The van der Waals surface area contributed by atoms with Crippen LogP contribution in [0.4, 0.5) is 17.6 Å². The van der Waals surface area contributed by atoms with E-state index in [-0.39, 0.29) is 11.1 Å². The molecule has 2 rings (SSSR count). The number of carbonyl (C=O) groups is 1. The number of halogens is 4. The minimum absolute atomic E-state index is 0.125. The molecule has 3 nitrogen and oxygen atoms in total. The van der Waals surface area contributed by atoms with Crippen LogP contribution in [0.15, 0.2) is 24.3 Å². The summed E-state index contributed by atoms with van der Waals surface area (Å²) in [5, 5.41) is 0. The summed E-state index contributed by atoms with van der Waals surface area (Å²) in [6.07, 6.45) is 2.01. The summed E-state index contributed by atoms with van der Waals surface area (Å²) >= 11 is 0. The summed E-state index contributed by atoms with van der Waals surface area (Å²) < 4.78 is 70.4. The fourth-order valence-electron chi connectivity index (χ4n) is 3.60. The van der Waals surface area contributed by atoms with Gasteiger partial charge in [-0.2, -0.15) is 0 Å². The van der Waals surface area contributed by atoms with Crippen molar-refractivity contribution >= 4 is 5.97 Å². The van der Waals surface area contributed by atoms with E-state index < -0.39 is 57.2 Å². The topological polar surface area (TPSA) is 35.5 Å². The fourth-order valence-corrected chi connectivity index (χ4v) is 3.60. The van der Waals surface area contributed by atoms with E-state index >= 15 is 0 Å². The number of hydrogen-bond donors (Lipinski definition) is 0. The number of carbonyl (C=O) groups excluding carboxylic acids is 1. The van der Waals surface area contributed by atoms with E-state index in [1.807, 2.05) is 13.8 Å². The molecule has 2 aromatic rings. The van der Waals surface area contributed by atoms with Crippen molar-refractivity contribution in [1.29, 1.82) is 0 Å². The van der Waals surface area contributed by atoms with E-state index in [0.29, 0.717) is 25.7 Å². The first-order valence-electron chi connectivity index (χ1n) is 12.1. The molecule has 35 heavy (non-hydrogen) atoms. The second kappa shape index (κ2) is 10.6. The van der Waals surface area contributed by atoms with Crippen molar-refractivity contribution in [2.24, 2.45) is 5.41 Å².